The predicted octanol–water partition coefficient (Wildman–Crippen LogP) is 6.28. The second-order valence-electron chi connectivity index (χ2n) is 12.1. The molecule has 0 saturated carbocycles. The molecule has 1 aromatic heterocycles. The molecule has 4 aromatic rings. The maximum atomic E-state index is 12.4. The van der Waals surface area contributed by atoms with Crippen molar-refractivity contribution in [2.24, 2.45) is 0 Å². The summed E-state index contributed by atoms with van der Waals surface area (Å²) in [6, 6.07) is 29.3. The van der Waals surface area contributed by atoms with Gasteiger partial charge >= 0.3 is 0 Å². The molecule has 5 rings (SSSR count). The van der Waals surface area contributed by atoms with Crippen molar-refractivity contribution in [3.8, 4) is 11.1 Å². The van der Waals surface area contributed by atoms with Crippen molar-refractivity contribution < 1.29 is 34.1 Å². The number of hydroxylamine groups is 1. The van der Waals surface area contributed by atoms with E-state index in [-0.39, 0.29) is 37.0 Å². The van der Waals surface area contributed by atoms with Gasteiger partial charge < -0.3 is 25.1 Å². The molecular weight excluding hydrogens is 642 g/mol. The summed E-state index contributed by atoms with van der Waals surface area (Å²) in [5.41, 5.74) is 7.31. The van der Waals surface area contributed by atoms with Gasteiger partial charge in [-0.15, -0.1) is 0 Å². The van der Waals surface area contributed by atoms with Crippen LogP contribution in [0.5, 0.6) is 0 Å². The summed E-state index contributed by atoms with van der Waals surface area (Å²) in [5.74, 6) is 0.173. The number of ether oxygens (including phenoxy) is 2. The van der Waals surface area contributed by atoms with Crippen LogP contribution < -0.4 is 15.5 Å². The molecule has 49 heavy (non-hydrogen) atoms. The Balaban J connectivity index is 1.22. The number of aromatic nitrogens is 1. The van der Waals surface area contributed by atoms with Gasteiger partial charge in [-0.3, -0.25) is 14.8 Å². The predicted molar refractivity (Wildman–Crippen MR) is 186 cm³/mol. The van der Waals surface area contributed by atoms with Gasteiger partial charge in [0.1, 0.15) is 0 Å². The van der Waals surface area contributed by atoms with E-state index in [0.717, 1.165) is 57.4 Å². The van der Waals surface area contributed by atoms with Gasteiger partial charge in [0.05, 0.1) is 18.8 Å². The van der Waals surface area contributed by atoms with Crippen molar-refractivity contribution in [2.45, 2.75) is 81.6 Å². The highest BCUT2D eigenvalue weighted by Gasteiger charge is 2.33. The topological polar surface area (TPSA) is 144 Å². The van der Waals surface area contributed by atoms with Crippen LogP contribution in [0.1, 0.15) is 79.6 Å². The third-order valence-electron chi connectivity index (χ3n) is 8.41. The van der Waals surface area contributed by atoms with Gasteiger partial charge in [-0.1, -0.05) is 85.3 Å². The number of benzene rings is 3. The molecule has 1 aliphatic rings. The number of carbonyl (C=O) groups is 2. The number of aliphatic hydroxyl groups excluding tert-OH is 1. The van der Waals surface area contributed by atoms with Crippen LogP contribution >= 0.6 is 11.8 Å². The number of hydrogen-bond donors (Lipinski definition) is 4. The minimum atomic E-state index is -0.633. The molecule has 10 nitrogen and oxygen atoms in total. The molecule has 11 heteroatoms. The Morgan fingerprint density at radius 1 is 0.816 bits per heavy atom. The van der Waals surface area contributed by atoms with Gasteiger partial charge in [0.2, 0.25) is 11.8 Å². The Kier molecular flexibility index (Phi) is 13.6. The molecule has 1 fully saturated rings. The number of nitrogens with one attached hydrogen (secondary N) is 2. The highest BCUT2D eigenvalue weighted by atomic mass is 32.2. The second kappa shape index (κ2) is 18.5. The molecule has 1 aliphatic heterocycles. The van der Waals surface area contributed by atoms with Crippen LogP contribution in [-0.4, -0.2) is 34.0 Å². The first-order valence-corrected chi connectivity index (χ1v) is 17.6. The van der Waals surface area contributed by atoms with Gasteiger partial charge in [0.25, 0.3) is 5.03 Å². The first-order chi connectivity index (χ1) is 23.9. The highest BCUT2D eigenvalue weighted by Crippen LogP contribution is 2.40. The summed E-state index contributed by atoms with van der Waals surface area (Å²) in [7, 11) is 0. The van der Waals surface area contributed by atoms with Crippen molar-refractivity contribution in [1.82, 2.24) is 10.8 Å². The Morgan fingerprint density at radius 3 is 2.29 bits per heavy atom. The lowest BCUT2D eigenvalue weighted by molar-refractivity contribution is -0.645. The SMILES string of the molecule is O=C(CCCCCCC(=O)NCc1cccc(-c2cccc(C3OC(CSc4cccc[n+]4[O-])CC(c4ccc(CO)cc4)O3)c2)c1)NO. The standard InChI is InChI=1S/C38H43N3O7S/c42-25-27-16-18-29(19-17-27)34-23-33(26-49-37-15-5-6-20-41(37)46)47-38(48-34)32-12-8-11-31(22-32)30-10-7-9-28(21-30)24-39-35(43)13-3-1-2-4-14-36(44)40-45/h5-12,15-22,33-34,38,42,45H,1-4,13-14,23-26H2,(H,39,43)(H,40,44). The van der Waals surface area contributed by atoms with Gasteiger partial charge in [0, 0.05) is 49.3 Å². The summed E-state index contributed by atoms with van der Waals surface area (Å²) < 4.78 is 13.9. The summed E-state index contributed by atoms with van der Waals surface area (Å²) in [6.45, 7) is 0.388. The van der Waals surface area contributed by atoms with E-state index in [4.69, 9.17) is 14.7 Å². The van der Waals surface area contributed by atoms with Crippen LogP contribution in [0, 0.1) is 5.21 Å². The number of pyridine rings is 1. The minimum absolute atomic E-state index is 0.0160. The Morgan fingerprint density at radius 2 is 1.55 bits per heavy atom. The summed E-state index contributed by atoms with van der Waals surface area (Å²) in [5, 5.41) is 34.0. The molecule has 1 saturated heterocycles. The number of unbranched alkanes of at least 4 members (excludes halogenated alkanes) is 3. The van der Waals surface area contributed by atoms with Crippen LogP contribution in [0.25, 0.3) is 11.1 Å². The van der Waals surface area contributed by atoms with E-state index in [1.807, 2.05) is 66.7 Å². The van der Waals surface area contributed by atoms with Gasteiger partial charge in [-0.25, -0.2) is 5.48 Å². The molecule has 3 atom stereocenters. The molecule has 3 unspecified atom stereocenters. The lowest BCUT2D eigenvalue weighted by Crippen LogP contribution is -2.32. The molecule has 2 heterocycles. The maximum Gasteiger partial charge on any atom is 0.251 e. The molecule has 0 radical (unpaired) electrons. The van der Waals surface area contributed by atoms with Crippen LogP contribution in [-0.2, 0) is 32.2 Å². The fourth-order valence-corrected chi connectivity index (χ4v) is 6.65. The molecule has 4 N–H and O–H groups in total. The largest absolute Gasteiger partial charge is 0.618 e. The first kappa shape index (κ1) is 36.0. The van der Waals surface area contributed by atoms with E-state index in [1.165, 1.54) is 18.0 Å². The average Bonchev–Trinajstić information content (AvgIpc) is 3.15. The molecule has 0 aliphatic carbocycles. The molecule has 3 aromatic carbocycles. The molecule has 2 amide bonds. The zero-order valence-corrected chi connectivity index (χ0v) is 28.1. The van der Waals surface area contributed by atoms with Crippen LogP contribution in [0.3, 0.4) is 0 Å². The quantitative estimate of drug-likeness (QED) is 0.0270. The number of nitrogens with zero attached hydrogens (tertiary/aromatic N) is 1. The maximum absolute atomic E-state index is 12.4. The zero-order chi connectivity index (χ0) is 34.4. The summed E-state index contributed by atoms with van der Waals surface area (Å²) in [4.78, 5) is 23.5. The number of amides is 2. The fraction of sp³-hybridized carbons (Fsp3) is 0.342. The average molecular weight is 686 g/mol. The Hall–Kier alpha value is -4.26. The van der Waals surface area contributed by atoms with E-state index < -0.39 is 6.29 Å². The van der Waals surface area contributed by atoms with Crippen molar-refractivity contribution in [2.75, 3.05) is 5.75 Å². The number of carbonyl (C=O) groups excluding carboxylic acids is 2. The first-order valence-electron chi connectivity index (χ1n) is 16.6. The Labute approximate surface area is 291 Å². The third kappa shape index (κ3) is 10.9. The van der Waals surface area contributed by atoms with E-state index in [0.29, 0.717) is 36.6 Å². The summed E-state index contributed by atoms with van der Waals surface area (Å²) >= 11 is 1.46. The Bertz CT molecular complexity index is 1670. The van der Waals surface area contributed by atoms with Gasteiger partial charge in [-0.2, -0.15) is 4.73 Å². The molecular formula is C38H43N3O7S. The van der Waals surface area contributed by atoms with Crippen molar-refractivity contribution in [3.05, 3.63) is 125 Å². The van der Waals surface area contributed by atoms with Crippen molar-refractivity contribution in [3.63, 3.8) is 0 Å². The van der Waals surface area contributed by atoms with Crippen molar-refractivity contribution in [1.29, 1.82) is 0 Å². The number of thioether (sulfide) groups is 1. The number of hydrogen-bond acceptors (Lipinski definition) is 8. The highest BCUT2D eigenvalue weighted by molar-refractivity contribution is 7.99. The van der Waals surface area contributed by atoms with Crippen molar-refractivity contribution >= 4 is 23.6 Å². The third-order valence-corrected chi connectivity index (χ3v) is 9.56. The lowest BCUT2D eigenvalue weighted by Gasteiger charge is -2.36. The monoisotopic (exact) mass is 685 g/mol. The molecule has 258 valence electrons. The van der Waals surface area contributed by atoms with Gasteiger partial charge in [0.15, 0.2) is 12.5 Å². The summed E-state index contributed by atoms with van der Waals surface area (Å²) in [6.07, 6.45) is 4.83. The van der Waals surface area contributed by atoms with E-state index in [1.54, 1.807) is 17.6 Å². The van der Waals surface area contributed by atoms with Crippen LogP contribution in [0.15, 0.2) is 102 Å². The second-order valence-corrected chi connectivity index (χ2v) is 13.1. The zero-order valence-electron chi connectivity index (χ0n) is 27.3. The number of rotatable bonds is 16. The molecule has 0 bridgehead atoms. The minimum Gasteiger partial charge on any atom is -0.618 e. The molecule has 0 spiro atoms. The van der Waals surface area contributed by atoms with Crippen LogP contribution in [0.2, 0.25) is 0 Å². The normalized spacial score (nSPS) is 17.4. The smallest absolute Gasteiger partial charge is 0.251 e. The number of aliphatic hydroxyl groups is 1. The van der Waals surface area contributed by atoms with Crippen LogP contribution in [0.4, 0.5) is 0 Å². The lowest BCUT2D eigenvalue weighted by atomic mass is 9.99. The van der Waals surface area contributed by atoms with Gasteiger partial charge in [-0.05, 0) is 58.9 Å². The van der Waals surface area contributed by atoms with E-state index in [2.05, 4.69) is 17.4 Å². The fourth-order valence-electron chi connectivity index (χ4n) is 5.72. The van der Waals surface area contributed by atoms with E-state index >= 15 is 0 Å². The van der Waals surface area contributed by atoms with E-state index in [9.17, 15) is 19.9 Å².